The van der Waals surface area contributed by atoms with E-state index in [1.165, 1.54) is 6.21 Å². The van der Waals surface area contributed by atoms with Crippen molar-refractivity contribution in [3.63, 3.8) is 0 Å². The molecule has 0 fully saturated rings. The number of anilines is 1. The van der Waals surface area contributed by atoms with E-state index in [9.17, 15) is 4.79 Å². The lowest BCUT2D eigenvalue weighted by Gasteiger charge is -2.09. The number of hydrogen-bond donors (Lipinski definition) is 2. The van der Waals surface area contributed by atoms with Gasteiger partial charge in [-0.3, -0.25) is 4.79 Å². The summed E-state index contributed by atoms with van der Waals surface area (Å²) in [7, 11) is 0. The van der Waals surface area contributed by atoms with Crippen molar-refractivity contribution < 1.29 is 9.21 Å². The molecule has 2 N–H and O–H groups in total. The van der Waals surface area contributed by atoms with Gasteiger partial charge >= 0.3 is 0 Å². The van der Waals surface area contributed by atoms with E-state index in [1.54, 1.807) is 12.1 Å². The molecule has 0 saturated carbocycles. The first-order valence-electron chi connectivity index (χ1n) is 6.43. The number of rotatable bonds is 5. The molecule has 0 aliphatic heterocycles. The van der Waals surface area contributed by atoms with Crippen molar-refractivity contribution in [3.8, 4) is 0 Å². The highest BCUT2D eigenvalue weighted by Gasteiger charge is 2.04. The molecule has 2 aromatic rings. The van der Waals surface area contributed by atoms with Crippen LogP contribution in [-0.4, -0.2) is 18.7 Å². The molecule has 110 valence electrons. The Hall–Kier alpha value is -2.27. The Bertz CT molecular complexity index is 665. The Morgan fingerprint density at radius 2 is 2.14 bits per heavy atom. The van der Waals surface area contributed by atoms with Gasteiger partial charge in [-0.05, 0) is 43.7 Å². The lowest BCUT2D eigenvalue weighted by atomic mass is 10.2. The largest absolute Gasteiger partial charge is 0.460 e. The van der Waals surface area contributed by atoms with E-state index in [4.69, 9.17) is 16.0 Å². The molecule has 0 unspecified atom stereocenters. The van der Waals surface area contributed by atoms with Crippen molar-refractivity contribution in [1.82, 2.24) is 5.43 Å². The van der Waals surface area contributed by atoms with Crippen molar-refractivity contribution in [2.24, 2.45) is 5.10 Å². The number of halogens is 1. The number of amides is 1. The summed E-state index contributed by atoms with van der Waals surface area (Å²) >= 11 is 6.01. The van der Waals surface area contributed by atoms with Crippen LogP contribution in [0.3, 0.4) is 0 Å². The van der Waals surface area contributed by atoms with Crippen molar-refractivity contribution in [2.45, 2.75) is 13.8 Å². The SMILES string of the molecule is Cc1ccc(/C=N/NC(=O)CNc2cccc(Cl)c2C)o1. The number of hydrogen-bond acceptors (Lipinski definition) is 4. The standard InChI is InChI=1S/C15H16ClN3O2/c1-10-6-7-12(21-10)8-18-19-15(20)9-17-14-5-3-4-13(16)11(14)2/h3-8,17H,9H2,1-2H3,(H,19,20)/b18-8+. The third kappa shape index (κ3) is 4.36. The molecule has 2 rings (SSSR count). The van der Waals surface area contributed by atoms with Crippen LogP contribution in [0.25, 0.3) is 0 Å². The molecular weight excluding hydrogens is 290 g/mol. The molecular formula is C15H16ClN3O2. The Labute approximate surface area is 128 Å². The second-order valence-corrected chi connectivity index (χ2v) is 4.91. The summed E-state index contributed by atoms with van der Waals surface area (Å²) < 4.78 is 5.29. The van der Waals surface area contributed by atoms with Crippen molar-refractivity contribution in [1.29, 1.82) is 0 Å². The fourth-order valence-corrected chi connectivity index (χ4v) is 1.88. The molecule has 0 saturated heterocycles. The van der Waals surface area contributed by atoms with Crippen LogP contribution in [0, 0.1) is 13.8 Å². The van der Waals surface area contributed by atoms with Gasteiger partial charge in [-0.2, -0.15) is 5.10 Å². The van der Waals surface area contributed by atoms with Crippen molar-refractivity contribution >= 4 is 29.4 Å². The molecule has 1 heterocycles. The Morgan fingerprint density at radius 1 is 1.33 bits per heavy atom. The minimum atomic E-state index is -0.256. The molecule has 5 nitrogen and oxygen atoms in total. The van der Waals surface area contributed by atoms with Gasteiger partial charge in [0.15, 0.2) is 0 Å². The molecule has 0 atom stereocenters. The molecule has 21 heavy (non-hydrogen) atoms. The summed E-state index contributed by atoms with van der Waals surface area (Å²) in [5.41, 5.74) is 4.15. The van der Waals surface area contributed by atoms with E-state index < -0.39 is 0 Å². The van der Waals surface area contributed by atoms with Crippen LogP contribution in [0.4, 0.5) is 5.69 Å². The molecule has 1 amide bonds. The quantitative estimate of drug-likeness (QED) is 0.659. The van der Waals surface area contributed by atoms with Crippen molar-refractivity contribution in [2.75, 3.05) is 11.9 Å². The van der Waals surface area contributed by atoms with Gasteiger partial charge in [0.1, 0.15) is 11.5 Å². The number of hydrazone groups is 1. The summed E-state index contributed by atoms with van der Waals surface area (Å²) in [6, 6.07) is 9.10. The number of aryl methyl sites for hydroxylation is 1. The maximum Gasteiger partial charge on any atom is 0.259 e. The Balaban J connectivity index is 1.82. The van der Waals surface area contributed by atoms with Gasteiger partial charge in [0.25, 0.3) is 5.91 Å². The van der Waals surface area contributed by atoms with Crippen LogP contribution in [0.2, 0.25) is 5.02 Å². The van der Waals surface area contributed by atoms with Crippen LogP contribution in [0.5, 0.6) is 0 Å². The first-order valence-corrected chi connectivity index (χ1v) is 6.81. The van der Waals surface area contributed by atoms with Crippen LogP contribution < -0.4 is 10.7 Å². The van der Waals surface area contributed by atoms with E-state index in [0.717, 1.165) is 17.0 Å². The average Bonchev–Trinajstić information content (AvgIpc) is 2.86. The summed E-state index contributed by atoms with van der Waals surface area (Å²) in [4.78, 5) is 11.7. The molecule has 0 bridgehead atoms. The molecule has 1 aromatic heterocycles. The minimum absolute atomic E-state index is 0.107. The van der Waals surface area contributed by atoms with Gasteiger partial charge in [-0.25, -0.2) is 5.43 Å². The van der Waals surface area contributed by atoms with E-state index in [1.807, 2.05) is 32.0 Å². The smallest absolute Gasteiger partial charge is 0.259 e. The number of benzene rings is 1. The lowest BCUT2D eigenvalue weighted by Crippen LogP contribution is -2.26. The third-order valence-corrected chi connectivity index (χ3v) is 3.26. The first-order chi connectivity index (χ1) is 10.1. The zero-order valence-corrected chi connectivity index (χ0v) is 12.6. The van der Waals surface area contributed by atoms with Crippen molar-refractivity contribution in [3.05, 3.63) is 52.4 Å². The molecule has 6 heteroatoms. The number of nitrogens with one attached hydrogen (secondary N) is 2. The maximum atomic E-state index is 11.7. The van der Waals surface area contributed by atoms with Gasteiger partial charge in [0.2, 0.25) is 0 Å². The highest BCUT2D eigenvalue weighted by Crippen LogP contribution is 2.22. The molecule has 1 aromatic carbocycles. The monoisotopic (exact) mass is 305 g/mol. The highest BCUT2D eigenvalue weighted by molar-refractivity contribution is 6.31. The second kappa shape index (κ2) is 6.95. The topological polar surface area (TPSA) is 66.6 Å². The van der Waals surface area contributed by atoms with Gasteiger partial charge in [0.05, 0.1) is 12.8 Å². The van der Waals surface area contributed by atoms with Gasteiger partial charge in [-0.15, -0.1) is 0 Å². The summed E-state index contributed by atoms with van der Waals surface area (Å²) in [6.45, 7) is 3.84. The summed E-state index contributed by atoms with van der Waals surface area (Å²) in [5, 5.41) is 7.49. The normalized spacial score (nSPS) is 10.8. The number of nitrogens with zero attached hydrogens (tertiary/aromatic N) is 1. The van der Waals surface area contributed by atoms with Gasteiger partial charge in [-0.1, -0.05) is 17.7 Å². The van der Waals surface area contributed by atoms with E-state index in [0.29, 0.717) is 10.8 Å². The highest BCUT2D eigenvalue weighted by atomic mass is 35.5. The Kier molecular flexibility index (Phi) is 5.00. The van der Waals surface area contributed by atoms with E-state index in [2.05, 4.69) is 15.8 Å². The fraction of sp³-hybridized carbons (Fsp3) is 0.200. The fourth-order valence-electron chi connectivity index (χ4n) is 1.70. The lowest BCUT2D eigenvalue weighted by molar-refractivity contribution is -0.119. The number of carbonyl (C=O) groups is 1. The zero-order chi connectivity index (χ0) is 15.2. The first kappa shape index (κ1) is 15.1. The number of furan rings is 1. The Morgan fingerprint density at radius 3 is 2.86 bits per heavy atom. The predicted octanol–water partition coefficient (Wildman–Crippen LogP) is 3.11. The zero-order valence-electron chi connectivity index (χ0n) is 11.8. The van der Waals surface area contributed by atoms with E-state index >= 15 is 0 Å². The summed E-state index contributed by atoms with van der Waals surface area (Å²) in [6.07, 6.45) is 1.45. The number of carbonyl (C=O) groups excluding carboxylic acids is 1. The maximum absolute atomic E-state index is 11.7. The third-order valence-electron chi connectivity index (χ3n) is 2.85. The van der Waals surface area contributed by atoms with Crippen LogP contribution >= 0.6 is 11.6 Å². The molecule has 0 aliphatic carbocycles. The predicted molar refractivity (Wildman–Crippen MR) is 83.9 cm³/mol. The second-order valence-electron chi connectivity index (χ2n) is 4.51. The average molecular weight is 306 g/mol. The van der Waals surface area contributed by atoms with Crippen LogP contribution in [0.1, 0.15) is 17.1 Å². The molecule has 0 spiro atoms. The van der Waals surface area contributed by atoms with Gasteiger partial charge in [0, 0.05) is 10.7 Å². The summed E-state index contributed by atoms with van der Waals surface area (Å²) in [5.74, 6) is 1.13. The molecule has 0 aliphatic rings. The molecule has 0 radical (unpaired) electrons. The van der Waals surface area contributed by atoms with Crippen LogP contribution in [-0.2, 0) is 4.79 Å². The minimum Gasteiger partial charge on any atom is -0.460 e. The van der Waals surface area contributed by atoms with Gasteiger partial charge < -0.3 is 9.73 Å². The van der Waals surface area contributed by atoms with Crippen LogP contribution in [0.15, 0.2) is 39.9 Å². The van der Waals surface area contributed by atoms with E-state index in [-0.39, 0.29) is 12.5 Å².